The number of rotatable bonds is 5. The Morgan fingerprint density at radius 1 is 1.47 bits per heavy atom. The molecule has 4 nitrogen and oxygen atoms in total. The summed E-state index contributed by atoms with van der Waals surface area (Å²) in [5, 5.41) is 11.6. The normalized spacial score (nSPS) is 15.9. The van der Waals surface area contributed by atoms with Gasteiger partial charge in [-0.25, -0.2) is 4.39 Å². The number of halogens is 1. The van der Waals surface area contributed by atoms with E-state index in [0.29, 0.717) is 11.1 Å². The van der Waals surface area contributed by atoms with Gasteiger partial charge in [-0.15, -0.1) is 0 Å². The summed E-state index contributed by atoms with van der Waals surface area (Å²) in [5.74, 6) is -1.38. The summed E-state index contributed by atoms with van der Waals surface area (Å²) < 4.78 is 13.1. The van der Waals surface area contributed by atoms with Crippen LogP contribution >= 0.6 is 0 Å². The van der Waals surface area contributed by atoms with Gasteiger partial charge in [0.2, 0.25) is 0 Å². The van der Waals surface area contributed by atoms with Crippen molar-refractivity contribution in [2.75, 3.05) is 0 Å². The third kappa shape index (κ3) is 3.53. The molecule has 1 unspecified atom stereocenters. The van der Waals surface area contributed by atoms with E-state index >= 15 is 0 Å². The summed E-state index contributed by atoms with van der Waals surface area (Å²) in [5.41, 5.74) is 0.754. The Morgan fingerprint density at radius 3 is 2.68 bits per heavy atom. The Hall–Kier alpha value is -1.91. The lowest BCUT2D eigenvalue weighted by Gasteiger charge is -2.16. The van der Waals surface area contributed by atoms with Crippen LogP contribution in [0.25, 0.3) is 0 Å². The molecule has 1 aromatic rings. The quantitative estimate of drug-likeness (QED) is 0.857. The van der Waals surface area contributed by atoms with Crippen LogP contribution in [0.2, 0.25) is 0 Å². The van der Waals surface area contributed by atoms with E-state index in [4.69, 9.17) is 5.11 Å². The lowest BCUT2D eigenvalue weighted by Crippen LogP contribution is -2.38. The molecule has 1 amide bonds. The van der Waals surface area contributed by atoms with E-state index in [2.05, 4.69) is 5.32 Å². The van der Waals surface area contributed by atoms with Crippen molar-refractivity contribution in [2.24, 2.45) is 5.92 Å². The van der Waals surface area contributed by atoms with Crippen molar-refractivity contribution in [1.82, 2.24) is 5.32 Å². The van der Waals surface area contributed by atoms with Gasteiger partial charge in [0.1, 0.15) is 5.82 Å². The highest BCUT2D eigenvalue weighted by Crippen LogP contribution is 2.34. The lowest BCUT2D eigenvalue weighted by atomic mass is 10.1. The Kier molecular flexibility index (Phi) is 3.83. The molecule has 2 N–H and O–H groups in total. The fraction of sp³-hybridized carbons (Fsp3) is 0.429. The molecule has 102 valence electrons. The van der Waals surface area contributed by atoms with Crippen molar-refractivity contribution >= 4 is 11.9 Å². The smallest absolute Gasteiger partial charge is 0.305 e. The number of hydrogen-bond acceptors (Lipinski definition) is 2. The minimum Gasteiger partial charge on any atom is -0.481 e. The first-order valence-corrected chi connectivity index (χ1v) is 6.26. The number of carbonyl (C=O) groups is 2. The third-order valence-electron chi connectivity index (χ3n) is 3.32. The summed E-state index contributed by atoms with van der Waals surface area (Å²) >= 11 is 0. The molecule has 19 heavy (non-hydrogen) atoms. The zero-order valence-electron chi connectivity index (χ0n) is 10.6. The van der Waals surface area contributed by atoms with E-state index in [1.54, 1.807) is 6.92 Å². The number of benzene rings is 1. The van der Waals surface area contributed by atoms with Crippen molar-refractivity contribution in [2.45, 2.75) is 32.2 Å². The maximum Gasteiger partial charge on any atom is 0.305 e. The van der Waals surface area contributed by atoms with Crippen molar-refractivity contribution in [3.8, 4) is 0 Å². The highest BCUT2D eigenvalue weighted by Gasteiger charge is 2.33. The van der Waals surface area contributed by atoms with Gasteiger partial charge in [-0.2, -0.15) is 0 Å². The Morgan fingerprint density at radius 2 is 2.16 bits per heavy atom. The molecule has 1 aliphatic carbocycles. The first kappa shape index (κ1) is 13.5. The van der Waals surface area contributed by atoms with Gasteiger partial charge in [0.15, 0.2) is 0 Å². The number of carbonyl (C=O) groups excluding carboxylic acids is 1. The highest BCUT2D eigenvalue weighted by molar-refractivity contribution is 5.94. The Labute approximate surface area is 110 Å². The van der Waals surface area contributed by atoms with Crippen molar-refractivity contribution in [3.63, 3.8) is 0 Å². The van der Waals surface area contributed by atoms with Gasteiger partial charge in [-0.1, -0.05) is 0 Å². The first-order valence-electron chi connectivity index (χ1n) is 6.26. The average molecular weight is 265 g/mol. The van der Waals surface area contributed by atoms with Crippen LogP contribution < -0.4 is 5.32 Å². The van der Waals surface area contributed by atoms with Gasteiger partial charge in [0.25, 0.3) is 5.91 Å². The second-order valence-corrected chi connectivity index (χ2v) is 4.98. The lowest BCUT2D eigenvalue weighted by molar-refractivity contribution is -0.137. The maximum atomic E-state index is 13.1. The van der Waals surface area contributed by atoms with Crippen LogP contribution in [0.5, 0.6) is 0 Å². The minimum atomic E-state index is -0.924. The topological polar surface area (TPSA) is 66.4 Å². The van der Waals surface area contributed by atoms with Crippen molar-refractivity contribution in [1.29, 1.82) is 0 Å². The van der Waals surface area contributed by atoms with Gasteiger partial charge in [0.05, 0.1) is 6.42 Å². The number of aryl methyl sites for hydroxylation is 1. The molecule has 0 saturated heterocycles. The van der Waals surface area contributed by atoms with E-state index < -0.39 is 5.97 Å². The molecule has 0 aliphatic heterocycles. The molecule has 0 radical (unpaired) electrons. The van der Waals surface area contributed by atoms with Crippen molar-refractivity contribution < 1.29 is 19.1 Å². The zero-order chi connectivity index (χ0) is 14.0. The Balaban J connectivity index is 2.05. The van der Waals surface area contributed by atoms with Crippen LogP contribution in [0, 0.1) is 18.7 Å². The SMILES string of the molecule is Cc1cc(C(=O)NC(CC(=O)O)C2CC2)ccc1F. The highest BCUT2D eigenvalue weighted by atomic mass is 19.1. The van der Waals surface area contributed by atoms with Crippen LogP contribution in [0.1, 0.15) is 35.2 Å². The van der Waals surface area contributed by atoms with E-state index in [1.165, 1.54) is 18.2 Å². The minimum absolute atomic E-state index is 0.0728. The van der Waals surface area contributed by atoms with Crippen LogP contribution in [0.3, 0.4) is 0 Å². The molecule has 0 heterocycles. The van der Waals surface area contributed by atoms with Gasteiger partial charge >= 0.3 is 5.97 Å². The molecule has 0 spiro atoms. The molecule has 2 rings (SSSR count). The predicted molar refractivity (Wildman–Crippen MR) is 67.4 cm³/mol. The Bertz CT molecular complexity index is 511. The van der Waals surface area contributed by atoms with Crippen LogP contribution in [0.15, 0.2) is 18.2 Å². The molecule has 1 fully saturated rings. The second-order valence-electron chi connectivity index (χ2n) is 4.98. The van der Waals surface area contributed by atoms with E-state index in [0.717, 1.165) is 12.8 Å². The summed E-state index contributed by atoms with van der Waals surface area (Å²) in [6, 6.07) is 3.78. The number of carboxylic acids is 1. The molecular formula is C14H16FNO3. The summed E-state index contributed by atoms with van der Waals surface area (Å²) in [4.78, 5) is 22.8. The van der Waals surface area contributed by atoms with Crippen LogP contribution in [-0.4, -0.2) is 23.0 Å². The summed E-state index contributed by atoms with van der Waals surface area (Å²) in [6.07, 6.45) is 1.82. The zero-order valence-corrected chi connectivity index (χ0v) is 10.6. The molecular weight excluding hydrogens is 249 g/mol. The van der Waals surface area contributed by atoms with E-state index in [-0.39, 0.29) is 30.1 Å². The third-order valence-corrected chi connectivity index (χ3v) is 3.32. The average Bonchev–Trinajstić information content (AvgIpc) is 3.15. The van der Waals surface area contributed by atoms with Gasteiger partial charge < -0.3 is 10.4 Å². The van der Waals surface area contributed by atoms with Crippen LogP contribution in [0.4, 0.5) is 4.39 Å². The van der Waals surface area contributed by atoms with Gasteiger partial charge in [-0.3, -0.25) is 9.59 Å². The summed E-state index contributed by atoms with van der Waals surface area (Å²) in [7, 11) is 0. The number of carboxylic acid groups (broad SMARTS) is 1. The van der Waals surface area contributed by atoms with Gasteiger partial charge in [0, 0.05) is 11.6 Å². The molecule has 1 aliphatic rings. The largest absolute Gasteiger partial charge is 0.481 e. The predicted octanol–water partition coefficient (Wildman–Crippen LogP) is 2.12. The standard InChI is InChI=1S/C14H16FNO3/c1-8-6-10(4-5-11(8)15)14(19)16-12(7-13(17)18)9-2-3-9/h4-6,9,12H,2-3,7H2,1H3,(H,16,19)(H,17,18). The number of amides is 1. The van der Waals surface area contributed by atoms with E-state index in [9.17, 15) is 14.0 Å². The van der Waals surface area contributed by atoms with E-state index in [1.807, 2.05) is 0 Å². The van der Waals surface area contributed by atoms with Crippen molar-refractivity contribution in [3.05, 3.63) is 35.1 Å². The molecule has 1 saturated carbocycles. The number of nitrogens with one attached hydrogen (secondary N) is 1. The van der Waals surface area contributed by atoms with Gasteiger partial charge in [-0.05, 0) is 49.4 Å². The molecule has 0 aromatic heterocycles. The fourth-order valence-electron chi connectivity index (χ4n) is 2.06. The maximum absolute atomic E-state index is 13.1. The fourth-order valence-corrected chi connectivity index (χ4v) is 2.06. The molecule has 1 atom stereocenters. The first-order chi connectivity index (χ1) is 8.97. The second kappa shape index (κ2) is 5.38. The van der Waals surface area contributed by atoms with Crippen LogP contribution in [-0.2, 0) is 4.79 Å². The molecule has 0 bridgehead atoms. The molecule has 5 heteroatoms. The number of hydrogen-bond donors (Lipinski definition) is 2. The molecule has 1 aromatic carbocycles. The summed E-state index contributed by atoms with van der Waals surface area (Å²) in [6.45, 7) is 1.59. The monoisotopic (exact) mass is 265 g/mol. The number of aliphatic carboxylic acids is 1.